The lowest BCUT2D eigenvalue weighted by Crippen LogP contribution is -2.28. The van der Waals surface area contributed by atoms with Crippen LogP contribution < -0.4 is 11.1 Å². The number of nitrogens with zero attached hydrogens (tertiary/aromatic N) is 2. The Bertz CT molecular complexity index is 384. The molecular formula is C10H18N4O2. The molecule has 0 aliphatic heterocycles. The van der Waals surface area contributed by atoms with Gasteiger partial charge in [-0.15, -0.1) is 0 Å². The highest BCUT2D eigenvalue weighted by molar-refractivity contribution is 5.97. The second-order valence-electron chi connectivity index (χ2n) is 3.86. The molecule has 0 spiro atoms. The predicted octanol–water partition coefficient (Wildman–Crippen LogP) is -0.189. The van der Waals surface area contributed by atoms with Crippen LogP contribution in [0.3, 0.4) is 0 Å². The number of aliphatic hydroxyl groups excluding tert-OH is 1. The van der Waals surface area contributed by atoms with Crippen LogP contribution in [0.5, 0.6) is 0 Å². The van der Waals surface area contributed by atoms with Gasteiger partial charge in [0.15, 0.2) is 0 Å². The number of hydrogen-bond donors (Lipinski definition) is 3. The van der Waals surface area contributed by atoms with E-state index in [0.29, 0.717) is 30.0 Å². The smallest absolute Gasteiger partial charge is 0.271 e. The quantitative estimate of drug-likeness (QED) is 0.663. The number of rotatable bonds is 4. The number of aryl methyl sites for hydroxylation is 2. The fourth-order valence-electron chi connectivity index (χ4n) is 1.42. The van der Waals surface area contributed by atoms with E-state index in [1.807, 2.05) is 0 Å². The molecule has 4 N–H and O–H groups in total. The average molecular weight is 226 g/mol. The van der Waals surface area contributed by atoms with Crippen LogP contribution >= 0.6 is 0 Å². The van der Waals surface area contributed by atoms with E-state index >= 15 is 0 Å². The maximum Gasteiger partial charge on any atom is 0.271 e. The van der Waals surface area contributed by atoms with E-state index in [2.05, 4.69) is 10.4 Å². The van der Waals surface area contributed by atoms with Gasteiger partial charge in [0.1, 0.15) is 5.69 Å². The van der Waals surface area contributed by atoms with Gasteiger partial charge in [-0.05, 0) is 20.3 Å². The highest BCUT2D eigenvalue weighted by Crippen LogP contribution is 2.14. The lowest BCUT2D eigenvalue weighted by molar-refractivity contribution is 0.0937. The number of carbonyl (C=O) groups is 1. The van der Waals surface area contributed by atoms with Crippen LogP contribution in [0.4, 0.5) is 5.69 Å². The number of aromatic nitrogens is 2. The van der Waals surface area contributed by atoms with E-state index < -0.39 is 6.10 Å². The minimum Gasteiger partial charge on any atom is -0.395 e. The Kier molecular flexibility index (Phi) is 3.89. The summed E-state index contributed by atoms with van der Waals surface area (Å²) in [6, 6.07) is 0. The van der Waals surface area contributed by atoms with Crippen molar-refractivity contribution in [3.63, 3.8) is 0 Å². The summed E-state index contributed by atoms with van der Waals surface area (Å²) in [7, 11) is 1.67. The molecule has 0 radical (unpaired) electrons. The van der Waals surface area contributed by atoms with Gasteiger partial charge >= 0.3 is 0 Å². The van der Waals surface area contributed by atoms with E-state index in [1.54, 1.807) is 20.9 Å². The molecule has 0 aliphatic carbocycles. The van der Waals surface area contributed by atoms with Gasteiger partial charge in [0.25, 0.3) is 5.91 Å². The van der Waals surface area contributed by atoms with Crippen LogP contribution in [0, 0.1) is 6.92 Å². The number of nitrogen functional groups attached to an aromatic ring is 1. The molecule has 1 aromatic heterocycles. The SMILES string of the molecule is Cc1nn(C)c(C(=O)NCCC(C)O)c1N. The second kappa shape index (κ2) is 4.98. The average Bonchev–Trinajstić information content (AvgIpc) is 2.40. The van der Waals surface area contributed by atoms with Gasteiger partial charge in [0, 0.05) is 13.6 Å². The van der Waals surface area contributed by atoms with E-state index in [1.165, 1.54) is 4.68 Å². The molecule has 0 aliphatic rings. The molecule has 1 atom stereocenters. The van der Waals surface area contributed by atoms with Crippen molar-refractivity contribution in [3.8, 4) is 0 Å². The Morgan fingerprint density at radius 2 is 2.31 bits per heavy atom. The fraction of sp³-hybridized carbons (Fsp3) is 0.600. The number of carbonyl (C=O) groups excluding carboxylic acids is 1. The first-order chi connectivity index (χ1) is 7.43. The molecule has 1 rings (SSSR count). The summed E-state index contributed by atoms with van der Waals surface area (Å²) in [6.07, 6.45) is 0.0913. The number of anilines is 1. The molecular weight excluding hydrogens is 208 g/mol. The first kappa shape index (κ1) is 12.5. The summed E-state index contributed by atoms with van der Waals surface area (Å²) >= 11 is 0. The second-order valence-corrected chi connectivity index (χ2v) is 3.86. The van der Waals surface area contributed by atoms with Crippen LogP contribution in [0.15, 0.2) is 0 Å². The van der Waals surface area contributed by atoms with Gasteiger partial charge in [-0.2, -0.15) is 5.10 Å². The van der Waals surface area contributed by atoms with E-state index in [9.17, 15) is 4.79 Å². The largest absolute Gasteiger partial charge is 0.395 e. The minimum absolute atomic E-state index is 0.263. The highest BCUT2D eigenvalue weighted by Gasteiger charge is 2.17. The zero-order chi connectivity index (χ0) is 12.3. The molecule has 16 heavy (non-hydrogen) atoms. The van der Waals surface area contributed by atoms with Gasteiger partial charge < -0.3 is 16.2 Å². The van der Waals surface area contributed by atoms with Crippen molar-refractivity contribution in [1.29, 1.82) is 0 Å². The molecule has 1 unspecified atom stereocenters. The summed E-state index contributed by atoms with van der Waals surface area (Å²) in [4.78, 5) is 11.7. The topological polar surface area (TPSA) is 93.2 Å². The van der Waals surface area contributed by atoms with E-state index in [-0.39, 0.29) is 5.91 Å². The van der Waals surface area contributed by atoms with Gasteiger partial charge in [0.2, 0.25) is 0 Å². The summed E-state index contributed by atoms with van der Waals surface area (Å²) in [5.74, 6) is -0.263. The Labute approximate surface area is 94.4 Å². The molecule has 0 aromatic carbocycles. The molecule has 6 nitrogen and oxygen atoms in total. The molecule has 0 bridgehead atoms. The molecule has 0 saturated heterocycles. The molecule has 90 valence electrons. The van der Waals surface area contributed by atoms with Gasteiger partial charge in [0.05, 0.1) is 17.5 Å². The molecule has 1 heterocycles. The van der Waals surface area contributed by atoms with Gasteiger partial charge in [-0.3, -0.25) is 9.48 Å². The third-order valence-electron chi connectivity index (χ3n) is 2.33. The maximum atomic E-state index is 11.7. The predicted molar refractivity (Wildman–Crippen MR) is 61.0 cm³/mol. The Morgan fingerprint density at radius 1 is 1.69 bits per heavy atom. The lowest BCUT2D eigenvalue weighted by atomic mass is 10.2. The van der Waals surface area contributed by atoms with E-state index in [0.717, 1.165) is 0 Å². The number of hydrogen-bond acceptors (Lipinski definition) is 4. The zero-order valence-corrected chi connectivity index (χ0v) is 9.82. The lowest BCUT2D eigenvalue weighted by Gasteiger charge is -2.07. The van der Waals surface area contributed by atoms with Gasteiger partial charge in [-0.25, -0.2) is 0 Å². The van der Waals surface area contributed by atoms with Crippen molar-refractivity contribution >= 4 is 11.6 Å². The summed E-state index contributed by atoms with van der Waals surface area (Å²) in [5.41, 5.74) is 7.15. The van der Waals surface area contributed by atoms with Crippen LogP contribution in [0.25, 0.3) is 0 Å². The first-order valence-corrected chi connectivity index (χ1v) is 5.18. The van der Waals surface area contributed by atoms with Crippen LogP contribution in [0.2, 0.25) is 0 Å². The molecule has 0 fully saturated rings. The number of nitrogens with one attached hydrogen (secondary N) is 1. The fourth-order valence-corrected chi connectivity index (χ4v) is 1.42. The van der Waals surface area contributed by atoms with Crippen molar-refractivity contribution in [2.45, 2.75) is 26.4 Å². The third-order valence-corrected chi connectivity index (χ3v) is 2.33. The minimum atomic E-state index is -0.425. The van der Waals surface area contributed by atoms with E-state index in [4.69, 9.17) is 10.8 Å². The first-order valence-electron chi connectivity index (χ1n) is 5.18. The van der Waals surface area contributed by atoms with Crippen LogP contribution in [-0.2, 0) is 7.05 Å². The molecule has 1 aromatic rings. The van der Waals surface area contributed by atoms with Crippen molar-refractivity contribution in [2.24, 2.45) is 7.05 Å². The third kappa shape index (κ3) is 2.73. The van der Waals surface area contributed by atoms with Crippen molar-refractivity contribution < 1.29 is 9.90 Å². The van der Waals surface area contributed by atoms with Gasteiger partial charge in [-0.1, -0.05) is 0 Å². The van der Waals surface area contributed by atoms with Crippen molar-refractivity contribution in [2.75, 3.05) is 12.3 Å². The van der Waals surface area contributed by atoms with Crippen molar-refractivity contribution in [3.05, 3.63) is 11.4 Å². The zero-order valence-electron chi connectivity index (χ0n) is 9.82. The summed E-state index contributed by atoms with van der Waals surface area (Å²) in [6.45, 7) is 3.84. The molecule has 1 amide bonds. The Hall–Kier alpha value is -1.56. The van der Waals surface area contributed by atoms with Crippen LogP contribution in [-0.4, -0.2) is 33.4 Å². The maximum absolute atomic E-state index is 11.7. The normalized spacial score (nSPS) is 12.5. The Morgan fingerprint density at radius 3 is 2.75 bits per heavy atom. The summed E-state index contributed by atoms with van der Waals surface area (Å²) in [5, 5.41) is 15.8. The highest BCUT2D eigenvalue weighted by atomic mass is 16.3. The standard InChI is InChI=1S/C10H18N4O2/c1-6(15)4-5-12-10(16)9-8(11)7(2)13-14(9)3/h6,15H,4-5,11H2,1-3H3,(H,12,16). The monoisotopic (exact) mass is 226 g/mol. The number of nitrogens with two attached hydrogens (primary N) is 1. The number of amides is 1. The van der Waals surface area contributed by atoms with Crippen molar-refractivity contribution in [1.82, 2.24) is 15.1 Å². The Balaban J connectivity index is 2.66. The molecule has 6 heteroatoms. The molecule has 0 saturated carbocycles. The number of aliphatic hydroxyl groups is 1. The van der Waals surface area contributed by atoms with Crippen LogP contribution in [0.1, 0.15) is 29.5 Å². The summed E-state index contributed by atoms with van der Waals surface area (Å²) < 4.78 is 1.46.